The van der Waals surface area contributed by atoms with Gasteiger partial charge in [0.05, 0.1) is 12.8 Å². The Balaban J connectivity index is 2.76. The number of halogens is 1. The minimum Gasteiger partial charge on any atom is -0.495 e. The van der Waals surface area contributed by atoms with Crippen LogP contribution in [0.5, 0.6) is 5.75 Å². The molecular formula is C12H18ClNO2. The van der Waals surface area contributed by atoms with Gasteiger partial charge in [0.2, 0.25) is 0 Å². The van der Waals surface area contributed by atoms with Crippen molar-refractivity contribution in [3.05, 3.63) is 23.2 Å². The highest BCUT2D eigenvalue weighted by Gasteiger charge is 2.16. The van der Waals surface area contributed by atoms with Gasteiger partial charge in [0.25, 0.3) is 0 Å². The van der Waals surface area contributed by atoms with Crippen LogP contribution >= 0.6 is 11.6 Å². The molecule has 0 aliphatic carbocycles. The zero-order valence-corrected chi connectivity index (χ0v) is 10.6. The molecule has 0 aliphatic rings. The van der Waals surface area contributed by atoms with Crippen LogP contribution in [0.15, 0.2) is 18.2 Å². The van der Waals surface area contributed by atoms with Gasteiger partial charge in [-0.3, -0.25) is 0 Å². The molecule has 0 heterocycles. The lowest BCUT2D eigenvalue weighted by Gasteiger charge is -2.23. The average Bonchev–Trinajstić information content (AvgIpc) is 2.27. The monoisotopic (exact) mass is 243 g/mol. The Hall–Kier alpha value is -0.930. The largest absolute Gasteiger partial charge is 0.495 e. The highest BCUT2D eigenvalue weighted by Crippen LogP contribution is 2.28. The number of ether oxygens (including phenoxy) is 1. The minimum absolute atomic E-state index is 0.128. The number of rotatable bonds is 5. The van der Waals surface area contributed by atoms with Crippen molar-refractivity contribution in [2.45, 2.75) is 13.8 Å². The summed E-state index contributed by atoms with van der Waals surface area (Å²) in [6.45, 7) is 4.75. The molecule has 0 fully saturated rings. The van der Waals surface area contributed by atoms with Crippen LogP contribution in [0.4, 0.5) is 5.69 Å². The lowest BCUT2D eigenvalue weighted by Crippen LogP contribution is -2.26. The van der Waals surface area contributed by atoms with E-state index in [0.717, 1.165) is 11.4 Å². The zero-order valence-electron chi connectivity index (χ0n) is 9.88. The number of anilines is 1. The molecule has 0 atom stereocenters. The summed E-state index contributed by atoms with van der Waals surface area (Å²) in [5.41, 5.74) is 0.671. The van der Waals surface area contributed by atoms with Gasteiger partial charge < -0.3 is 15.2 Å². The van der Waals surface area contributed by atoms with E-state index in [4.69, 9.17) is 21.4 Å². The molecule has 0 radical (unpaired) electrons. The van der Waals surface area contributed by atoms with Gasteiger partial charge in [0.15, 0.2) is 0 Å². The number of aliphatic hydroxyl groups is 1. The first kappa shape index (κ1) is 13.1. The molecule has 0 unspecified atom stereocenters. The molecule has 1 aromatic carbocycles. The first-order chi connectivity index (χ1) is 7.48. The first-order valence-corrected chi connectivity index (χ1v) is 5.54. The molecule has 0 amide bonds. The van der Waals surface area contributed by atoms with Gasteiger partial charge in [-0.15, -0.1) is 0 Å². The van der Waals surface area contributed by atoms with Crippen LogP contribution in [-0.4, -0.2) is 25.4 Å². The Morgan fingerprint density at radius 1 is 1.44 bits per heavy atom. The van der Waals surface area contributed by atoms with Gasteiger partial charge in [-0.2, -0.15) is 0 Å². The second-order valence-corrected chi connectivity index (χ2v) is 4.96. The second-order valence-electron chi connectivity index (χ2n) is 4.52. The number of nitrogens with one attached hydrogen (secondary N) is 1. The van der Waals surface area contributed by atoms with Gasteiger partial charge in [0, 0.05) is 23.6 Å². The quantitative estimate of drug-likeness (QED) is 0.836. The molecule has 0 aliphatic heterocycles. The van der Waals surface area contributed by atoms with Crippen molar-refractivity contribution in [2.24, 2.45) is 5.41 Å². The SMILES string of the molecule is COc1ccc(Cl)cc1NCC(C)(C)CO. The predicted octanol–water partition coefficient (Wildman–Crippen LogP) is 2.78. The van der Waals surface area contributed by atoms with Crippen molar-refractivity contribution in [1.82, 2.24) is 0 Å². The predicted molar refractivity (Wildman–Crippen MR) is 67.4 cm³/mol. The van der Waals surface area contributed by atoms with E-state index in [1.54, 1.807) is 13.2 Å². The van der Waals surface area contributed by atoms with Crippen LogP contribution in [0.25, 0.3) is 0 Å². The summed E-state index contributed by atoms with van der Waals surface area (Å²) in [6.07, 6.45) is 0. The Labute approximate surface area is 101 Å². The molecule has 1 aromatic rings. The molecular weight excluding hydrogens is 226 g/mol. The van der Waals surface area contributed by atoms with Crippen molar-refractivity contribution in [3.63, 3.8) is 0 Å². The van der Waals surface area contributed by atoms with Crippen LogP contribution in [-0.2, 0) is 0 Å². The lowest BCUT2D eigenvalue weighted by atomic mass is 9.95. The van der Waals surface area contributed by atoms with Gasteiger partial charge in [-0.05, 0) is 18.2 Å². The summed E-state index contributed by atoms with van der Waals surface area (Å²) < 4.78 is 5.22. The lowest BCUT2D eigenvalue weighted by molar-refractivity contribution is 0.170. The third-order valence-electron chi connectivity index (χ3n) is 2.35. The summed E-state index contributed by atoms with van der Waals surface area (Å²) in [5.74, 6) is 0.748. The Morgan fingerprint density at radius 3 is 2.69 bits per heavy atom. The fourth-order valence-electron chi connectivity index (χ4n) is 1.21. The molecule has 4 heteroatoms. The van der Waals surface area contributed by atoms with Crippen LogP contribution in [0.2, 0.25) is 5.02 Å². The Bertz CT molecular complexity index is 353. The number of aliphatic hydroxyl groups excluding tert-OH is 1. The van der Waals surface area contributed by atoms with Crippen molar-refractivity contribution >= 4 is 17.3 Å². The fraction of sp³-hybridized carbons (Fsp3) is 0.500. The van der Waals surface area contributed by atoms with Gasteiger partial charge in [-0.1, -0.05) is 25.4 Å². The minimum atomic E-state index is -0.173. The van der Waals surface area contributed by atoms with E-state index in [-0.39, 0.29) is 12.0 Å². The maximum Gasteiger partial charge on any atom is 0.142 e. The highest BCUT2D eigenvalue weighted by atomic mass is 35.5. The molecule has 0 aromatic heterocycles. The fourth-order valence-corrected chi connectivity index (χ4v) is 1.38. The average molecular weight is 244 g/mol. The van der Waals surface area contributed by atoms with E-state index in [9.17, 15) is 0 Å². The van der Waals surface area contributed by atoms with E-state index in [0.29, 0.717) is 11.6 Å². The van der Waals surface area contributed by atoms with Crippen molar-refractivity contribution < 1.29 is 9.84 Å². The van der Waals surface area contributed by atoms with E-state index in [2.05, 4.69) is 5.32 Å². The molecule has 90 valence electrons. The third-order valence-corrected chi connectivity index (χ3v) is 2.58. The number of hydrogen-bond acceptors (Lipinski definition) is 3. The van der Waals surface area contributed by atoms with Crippen LogP contribution in [0, 0.1) is 5.41 Å². The number of methoxy groups -OCH3 is 1. The van der Waals surface area contributed by atoms with Gasteiger partial charge >= 0.3 is 0 Å². The normalized spacial score (nSPS) is 11.3. The van der Waals surface area contributed by atoms with Gasteiger partial charge in [0.1, 0.15) is 5.75 Å². The summed E-state index contributed by atoms with van der Waals surface area (Å²) in [4.78, 5) is 0. The van der Waals surface area contributed by atoms with E-state index in [1.807, 2.05) is 26.0 Å². The summed E-state index contributed by atoms with van der Waals surface area (Å²) in [7, 11) is 1.62. The smallest absolute Gasteiger partial charge is 0.142 e. The highest BCUT2D eigenvalue weighted by molar-refractivity contribution is 6.30. The molecule has 0 saturated carbocycles. The maximum atomic E-state index is 9.16. The molecule has 16 heavy (non-hydrogen) atoms. The van der Waals surface area contributed by atoms with E-state index >= 15 is 0 Å². The number of benzene rings is 1. The Morgan fingerprint density at radius 2 is 2.12 bits per heavy atom. The summed E-state index contributed by atoms with van der Waals surface area (Å²) >= 11 is 5.91. The van der Waals surface area contributed by atoms with E-state index < -0.39 is 0 Å². The van der Waals surface area contributed by atoms with Crippen LogP contribution in [0.1, 0.15) is 13.8 Å². The van der Waals surface area contributed by atoms with Crippen LogP contribution < -0.4 is 10.1 Å². The van der Waals surface area contributed by atoms with Gasteiger partial charge in [-0.25, -0.2) is 0 Å². The molecule has 0 spiro atoms. The third kappa shape index (κ3) is 3.58. The molecule has 3 nitrogen and oxygen atoms in total. The maximum absolute atomic E-state index is 9.16. The molecule has 0 bridgehead atoms. The second kappa shape index (κ2) is 5.41. The zero-order chi connectivity index (χ0) is 12.2. The summed E-state index contributed by atoms with van der Waals surface area (Å²) in [5, 5.41) is 13.0. The number of hydrogen-bond donors (Lipinski definition) is 2. The molecule has 2 N–H and O–H groups in total. The molecule has 0 saturated heterocycles. The standard InChI is InChI=1S/C12H18ClNO2/c1-12(2,8-15)7-14-10-6-9(13)4-5-11(10)16-3/h4-6,14-15H,7-8H2,1-3H3. The van der Waals surface area contributed by atoms with Crippen molar-refractivity contribution in [3.8, 4) is 5.75 Å². The summed E-state index contributed by atoms with van der Waals surface area (Å²) in [6, 6.07) is 5.41. The van der Waals surface area contributed by atoms with E-state index in [1.165, 1.54) is 0 Å². The topological polar surface area (TPSA) is 41.5 Å². The molecule has 1 rings (SSSR count). The first-order valence-electron chi connectivity index (χ1n) is 5.17. The van der Waals surface area contributed by atoms with Crippen LogP contribution in [0.3, 0.4) is 0 Å². The van der Waals surface area contributed by atoms with Crippen molar-refractivity contribution in [2.75, 3.05) is 25.6 Å². The Kier molecular flexibility index (Phi) is 4.44. The van der Waals surface area contributed by atoms with Crippen molar-refractivity contribution in [1.29, 1.82) is 0 Å².